The van der Waals surface area contributed by atoms with Crippen LogP contribution in [-0.4, -0.2) is 34.1 Å². The zero-order valence-corrected chi connectivity index (χ0v) is 17.6. The third kappa shape index (κ3) is 5.46. The highest BCUT2D eigenvalue weighted by Gasteiger charge is 2.31. The molecule has 1 amide bonds. The number of alkyl halides is 3. The van der Waals surface area contributed by atoms with Gasteiger partial charge >= 0.3 is 6.36 Å². The third-order valence-electron chi connectivity index (χ3n) is 5.79. The molecule has 0 bridgehead atoms. The fourth-order valence-corrected chi connectivity index (χ4v) is 4.16. The first-order valence-corrected chi connectivity index (χ1v) is 10.6. The Balaban J connectivity index is 1.62. The van der Waals surface area contributed by atoms with Gasteiger partial charge in [-0.15, -0.1) is 13.2 Å². The lowest BCUT2D eigenvalue weighted by Gasteiger charge is -2.26. The van der Waals surface area contributed by atoms with Crippen LogP contribution >= 0.6 is 0 Å². The molecule has 4 rings (SSSR count). The van der Waals surface area contributed by atoms with Gasteiger partial charge in [-0.1, -0.05) is 12.1 Å². The highest BCUT2D eigenvalue weighted by molar-refractivity contribution is 5.99. The SMILES string of the molecule is N#Cc1ccc2c(c1)cc(C(=O)NC1CCC(O)CC1)n2Cc1ccc(OC(F)(F)F)cc1. The summed E-state index contributed by atoms with van der Waals surface area (Å²) in [6.45, 7) is 0.244. The Morgan fingerprint density at radius 2 is 1.82 bits per heavy atom. The molecule has 6 nitrogen and oxygen atoms in total. The van der Waals surface area contributed by atoms with E-state index in [-0.39, 0.29) is 30.3 Å². The van der Waals surface area contributed by atoms with Crippen LogP contribution in [0.5, 0.6) is 5.75 Å². The van der Waals surface area contributed by atoms with E-state index in [0.29, 0.717) is 42.5 Å². The Labute approximate surface area is 188 Å². The van der Waals surface area contributed by atoms with Crippen molar-refractivity contribution in [3.8, 4) is 11.8 Å². The molecule has 0 radical (unpaired) electrons. The number of aliphatic hydroxyl groups excluding tert-OH is 1. The fourth-order valence-electron chi connectivity index (χ4n) is 4.16. The number of hydrogen-bond acceptors (Lipinski definition) is 4. The Morgan fingerprint density at radius 3 is 2.45 bits per heavy atom. The summed E-state index contributed by atoms with van der Waals surface area (Å²) >= 11 is 0. The van der Waals surface area contributed by atoms with Gasteiger partial charge in [0.1, 0.15) is 11.4 Å². The molecule has 0 spiro atoms. The topological polar surface area (TPSA) is 87.3 Å². The largest absolute Gasteiger partial charge is 0.573 e. The van der Waals surface area contributed by atoms with Crippen molar-refractivity contribution in [1.82, 2.24) is 9.88 Å². The number of benzene rings is 2. The first-order chi connectivity index (χ1) is 15.7. The number of nitrogens with zero attached hydrogens (tertiary/aromatic N) is 2. The zero-order valence-electron chi connectivity index (χ0n) is 17.6. The van der Waals surface area contributed by atoms with Crippen LogP contribution in [-0.2, 0) is 6.54 Å². The predicted molar refractivity (Wildman–Crippen MR) is 115 cm³/mol. The van der Waals surface area contributed by atoms with E-state index in [1.165, 1.54) is 24.3 Å². The van der Waals surface area contributed by atoms with Crippen LogP contribution in [0.3, 0.4) is 0 Å². The highest BCUT2D eigenvalue weighted by atomic mass is 19.4. The summed E-state index contributed by atoms with van der Waals surface area (Å²) in [4.78, 5) is 13.1. The fraction of sp³-hybridized carbons (Fsp3) is 0.333. The predicted octanol–water partition coefficient (Wildman–Crippen LogP) is 4.49. The quantitative estimate of drug-likeness (QED) is 0.591. The third-order valence-corrected chi connectivity index (χ3v) is 5.79. The van der Waals surface area contributed by atoms with Gasteiger partial charge in [0.25, 0.3) is 5.91 Å². The summed E-state index contributed by atoms with van der Waals surface area (Å²) < 4.78 is 43.0. The number of carbonyl (C=O) groups is 1. The second-order valence-electron chi connectivity index (χ2n) is 8.17. The molecule has 1 aliphatic rings. The minimum absolute atomic E-state index is 0.0409. The molecule has 1 fully saturated rings. The molecular weight excluding hydrogens is 435 g/mol. The Morgan fingerprint density at radius 1 is 1.12 bits per heavy atom. The van der Waals surface area contributed by atoms with Crippen molar-refractivity contribution < 1.29 is 27.8 Å². The van der Waals surface area contributed by atoms with Crippen molar-refractivity contribution in [1.29, 1.82) is 5.26 Å². The molecule has 9 heteroatoms. The van der Waals surface area contributed by atoms with Crippen molar-refractivity contribution in [2.75, 3.05) is 0 Å². The summed E-state index contributed by atoms with van der Waals surface area (Å²) in [5.41, 5.74) is 2.26. The molecule has 1 aromatic heterocycles. The van der Waals surface area contributed by atoms with Gasteiger partial charge in [-0.25, -0.2) is 0 Å². The zero-order chi connectivity index (χ0) is 23.6. The van der Waals surface area contributed by atoms with Gasteiger partial charge in [0.15, 0.2) is 0 Å². The van der Waals surface area contributed by atoms with E-state index in [9.17, 15) is 28.3 Å². The van der Waals surface area contributed by atoms with E-state index < -0.39 is 6.36 Å². The van der Waals surface area contributed by atoms with Crippen LogP contribution in [0.25, 0.3) is 10.9 Å². The lowest BCUT2D eigenvalue weighted by atomic mass is 9.93. The maximum atomic E-state index is 13.1. The minimum atomic E-state index is -4.77. The molecular formula is C24H22F3N3O3. The molecule has 0 atom stereocenters. The van der Waals surface area contributed by atoms with Crippen LogP contribution in [0.15, 0.2) is 48.5 Å². The van der Waals surface area contributed by atoms with Gasteiger partial charge in [0, 0.05) is 23.5 Å². The summed E-state index contributed by atoms with van der Waals surface area (Å²) in [6, 6.07) is 14.3. The minimum Gasteiger partial charge on any atom is -0.406 e. The number of rotatable bonds is 5. The average molecular weight is 457 g/mol. The molecule has 1 aliphatic carbocycles. The number of aromatic nitrogens is 1. The van der Waals surface area contributed by atoms with Crippen LogP contribution in [0.1, 0.15) is 47.3 Å². The van der Waals surface area contributed by atoms with Gasteiger partial charge in [0.05, 0.1) is 17.7 Å². The van der Waals surface area contributed by atoms with E-state index in [1.807, 2.05) is 0 Å². The van der Waals surface area contributed by atoms with Gasteiger partial charge in [0.2, 0.25) is 0 Å². The number of hydrogen-bond donors (Lipinski definition) is 2. The van der Waals surface area contributed by atoms with Crippen molar-refractivity contribution in [3.63, 3.8) is 0 Å². The van der Waals surface area contributed by atoms with Crippen LogP contribution in [0.4, 0.5) is 13.2 Å². The monoisotopic (exact) mass is 457 g/mol. The summed E-state index contributed by atoms with van der Waals surface area (Å²) in [5, 5.41) is 22.7. The summed E-state index contributed by atoms with van der Waals surface area (Å²) in [6.07, 6.45) is -2.47. The smallest absolute Gasteiger partial charge is 0.406 e. The first kappa shape index (κ1) is 22.7. The van der Waals surface area contributed by atoms with E-state index >= 15 is 0 Å². The average Bonchev–Trinajstić information content (AvgIpc) is 3.13. The Hall–Kier alpha value is -3.51. The van der Waals surface area contributed by atoms with E-state index in [4.69, 9.17) is 0 Å². The number of nitriles is 1. The lowest BCUT2D eigenvalue weighted by molar-refractivity contribution is -0.274. The number of nitrogens with one attached hydrogen (secondary N) is 1. The highest BCUT2D eigenvalue weighted by Crippen LogP contribution is 2.26. The van der Waals surface area contributed by atoms with Crippen molar-refractivity contribution in [3.05, 3.63) is 65.4 Å². The molecule has 172 valence electrons. The number of ether oxygens (including phenoxy) is 1. The van der Waals surface area contributed by atoms with Crippen LogP contribution in [0, 0.1) is 11.3 Å². The Bertz CT molecular complexity index is 1190. The lowest BCUT2D eigenvalue weighted by Crippen LogP contribution is -2.39. The van der Waals surface area contributed by atoms with E-state index in [2.05, 4.69) is 16.1 Å². The maximum absolute atomic E-state index is 13.1. The molecule has 0 unspecified atom stereocenters. The van der Waals surface area contributed by atoms with Crippen LogP contribution in [0.2, 0.25) is 0 Å². The number of amides is 1. The van der Waals surface area contributed by atoms with Gasteiger partial charge in [-0.3, -0.25) is 4.79 Å². The molecule has 33 heavy (non-hydrogen) atoms. The van der Waals surface area contributed by atoms with Crippen molar-refractivity contribution in [2.24, 2.45) is 0 Å². The molecule has 1 heterocycles. The molecule has 1 saturated carbocycles. The van der Waals surface area contributed by atoms with Crippen molar-refractivity contribution in [2.45, 2.75) is 50.7 Å². The second-order valence-corrected chi connectivity index (χ2v) is 8.17. The second kappa shape index (κ2) is 9.16. The van der Waals surface area contributed by atoms with E-state index in [1.54, 1.807) is 28.8 Å². The number of halogens is 3. The molecule has 3 aromatic rings. The maximum Gasteiger partial charge on any atom is 0.573 e. The van der Waals surface area contributed by atoms with Crippen molar-refractivity contribution >= 4 is 16.8 Å². The molecule has 2 N–H and O–H groups in total. The van der Waals surface area contributed by atoms with Gasteiger partial charge in [-0.05, 0) is 67.6 Å². The van der Waals surface area contributed by atoms with Crippen LogP contribution < -0.4 is 10.1 Å². The van der Waals surface area contributed by atoms with E-state index in [0.717, 1.165) is 10.9 Å². The molecule has 2 aromatic carbocycles. The van der Waals surface area contributed by atoms with Gasteiger partial charge < -0.3 is 19.7 Å². The first-order valence-electron chi connectivity index (χ1n) is 10.6. The number of aliphatic hydroxyl groups is 1. The molecule has 0 saturated heterocycles. The van der Waals surface area contributed by atoms with Gasteiger partial charge in [-0.2, -0.15) is 5.26 Å². The normalized spacial score (nSPS) is 18.6. The Kier molecular flexibility index (Phi) is 6.29. The number of fused-ring (bicyclic) bond motifs is 1. The number of carbonyl (C=O) groups excluding carboxylic acids is 1. The molecule has 0 aliphatic heterocycles. The summed E-state index contributed by atoms with van der Waals surface area (Å²) in [5.74, 6) is -0.595. The standard InChI is InChI=1S/C24H22F3N3O3/c25-24(26,27)33-20-8-1-15(2-9-20)14-30-21-10-3-16(13-28)11-17(21)12-22(30)23(32)29-18-4-6-19(31)7-5-18/h1-3,8-12,18-19,31H,4-7,14H2,(H,29,32). The summed E-state index contributed by atoms with van der Waals surface area (Å²) in [7, 11) is 0.